The molecule has 0 spiro atoms. The molecule has 0 radical (unpaired) electrons. The molecule has 0 amide bonds. The Morgan fingerprint density at radius 1 is 0.927 bits per heavy atom. The maximum Gasteiger partial charge on any atom is 0.306 e. The van der Waals surface area contributed by atoms with E-state index >= 15 is 0 Å². The molecule has 2 aliphatic carbocycles. The summed E-state index contributed by atoms with van der Waals surface area (Å²) in [6.07, 6.45) is 18.3. The van der Waals surface area contributed by atoms with Gasteiger partial charge in [-0.05, 0) is 64.2 Å². The molecule has 11 heteroatoms. The highest BCUT2D eigenvalue weighted by Gasteiger charge is 2.23. The molecule has 0 aromatic carbocycles. The second-order valence-electron chi connectivity index (χ2n) is 10.1. The molecular formula is C30H50O11. The summed E-state index contributed by atoms with van der Waals surface area (Å²) in [4.78, 5) is 44.6. The number of cyclic esters (lactones) is 2. The SMILES string of the molecule is CCC[C@H]1COC(=O)C1.CCOO.O=C(O)[C@H]1CC=CCC1.O=COCC[C@H]1COC(=O)C1.OC[C@H]1CC=CCC1. The minimum Gasteiger partial charge on any atom is -0.481 e. The summed E-state index contributed by atoms with van der Waals surface area (Å²) in [5.74, 6) is 0.369. The lowest BCUT2D eigenvalue weighted by molar-refractivity contribution is -0.237. The quantitative estimate of drug-likeness (QED) is 0.0651. The van der Waals surface area contributed by atoms with Gasteiger partial charge in [0, 0.05) is 18.4 Å². The van der Waals surface area contributed by atoms with Crippen LogP contribution in [0.15, 0.2) is 24.3 Å². The average Bonchev–Trinajstić information content (AvgIpc) is 3.62. The summed E-state index contributed by atoms with van der Waals surface area (Å²) < 4.78 is 14.0. The minimum atomic E-state index is -0.653. The van der Waals surface area contributed by atoms with Gasteiger partial charge in [-0.3, -0.25) is 24.4 Å². The van der Waals surface area contributed by atoms with Gasteiger partial charge in [-0.2, -0.15) is 0 Å². The van der Waals surface area contributed by atoms with E-state index in [9.17, 15) is 19.2 Å². The molecule has 2 saturated heterocycles. The standard InChI is InChI=1S/C7H10O4.C7H12O2.C7H10O2.C7H12O.C2H6O2/c8-5-10-2-1-6-3-7(9)11-4-6;1-2-3-6-4-7(8)9-5-6;8-7(9)6-4-2-1-3-5-6;8-6-7-4-2-1-3-5-7;1-2-4-3/h5-6H,1-4H2;6H,2-5H2,1H3;1-2,6H,3-5H2,(H,8,9);1-2,7-8H,3-6H2;3H,2H2,1H3/t3*6-;7-;/m1100./s1. The van der Waals surface area contributed by atoms with E-state index in [1.807, 2.05) is 12.2 Å². The predicted octanol–water partition coefficient (Wildman–Crippen LogP) is 4.72. The molecule has 3 N–H and O–H groups in total. The maximum absolute atomic E-state index is 10.6. The van der Waals surface area contributed by atoms with Crippen LogP contribution in [0.2, 0.25) is 0 Å². The van der Waals surface area contributed by atoms with E-state index in [1.165, 1.54) is 6.42 Å². The van der Waals surface area contributed by atoms with Crippen molar-refractivity contribution in [3.8, 4) is 0 Å². The summed E-state index contributed by atoms with van der Waals surface area (Å²) in [5, 5.41) is 24.5. The summed E-state index contributed by atoms with van der Waals surface area (Å²) in [6, 6.07) is 0. The van der Waals surface area contributed by atoms with Gasteiger partial charge >= 0.3 is 17.9 Å². The van der Waals surface area contributed by atoms with E-state index in [-0.39, 0.29) is 23.8 Å². The van der Waals surface area contributed by atoms with Crippen LogP contribution in [0.5, 0.6) is 0 Å². The van der Waals surface area contributed by atoms with E-state index in [0.29, 0.717) is 70.6 Å². The molecule has 236 valence electrons. The van der Waals surface area contributed by atoms with Crippen LogP contribution in [0.3, 0.4) is 0 Å². The Balaban J connectivity index is 0.000000501. The highest BCUT2D eigenvalue weighted by Crippen LogP contribution is 2.19. The zero-order valence-electron chi connectivity index (χ0n) is 24.6. The Labute approximate surface area is 243 Å². The Morgan fingerprint density at radius 2 is 1.49 bits per heavy atom. The fourth-order valence-corrected chi connectivity index (χ4v) is 4.23. The molecule has 2 heterocycles. The molecule has 0 bridgehead atoms. The number of esters is 2. The van der Waals surface area contributed by atoms with Gasteiger partial charge in [0.25, 0.3) is 6.47 Å². The van der Waals surface area contributed by atoms with Gasteiger partial charge in [-0.15, -0.1) is 0 Å². The van der Waals surface area contributed by atoms with Crippen LogP contribution in [0.4, 0.5) is 0 Å². The number of rotatable bonds is 9. The van der Waals surface area contributed by atoms with Gasteiger partial charge in [0.2, 0.25) is 0 Å². The molecule has 41 heavy (non-hydrogen) atoms. The molecule has 0 aromatic heterocycles. The van der Waals surface area contributed by atoms with Crippen molar-refractivity contribution in [1.82, 2.24) is 0 Å². The van der Waals surface area contributed by atoms with Crippen LogP contribution >= 0.6 is 0 Å². The molecule has 4 rings (SSSR count). The normalized spacial score (nSPS) is 23.9. The van der Waals surface area contributed by atoms with E-state index in [1.54, 1.807) is 6.92 Å². The first-order valence-corrected chi connectivity index (χ1v) is 14.6. The number of carbonyl (C=O) groups is 4. The maximum atomic E-state index is 10.6. The van der Waals surface area contributed by atoms with Crippen LogP contribution in [-0.2, 0) is 38.3 Å². The zero-order valence-corrected chi connectivity index (χ0v) is 24.6. The fourth-order valence-electron chi connectivity index (χ4n) is 4.23. The van der Waals surface area contributed by atoms with Gasteiger partial charge in [-0.1, -0.05) is 37.6 Å². The van der Waals surface area contributed by atoms with Crippen molar-refractivity contribution < 1.29 is 53.7 Å². The van der Waals surface area contributed by atoms with Crippen LogP contribution in [0, 0.1) is 23.7 Å². The van der Waals surface area contributed by atoms with Gasteiger partial charge < -0.3 is 24.4 Å². The Kier molecular flexibility index (Phi) is 24.4. The number of aliphatic hydroxyl groups excluding tert-OH is 1. The van der Waals surface area contributed by atoms with Gasteiger partial charge in [0.15, 0.2) is 0 Å². The monoisotopic (exact) mass is 586 g/mol. The summed E-state index contributed by atoms with van der Waals surface area (Å²) in [6.45, 7) is 6.50. The highest BCUT2D eigenvalue weighted by atomic mass is 17.1. The third kappa shape index (κ3) is 21.6. The number of aliphatic hydroxyl groups is 1. The first-order valence-electron chi connectivity index (χ1n) is 14.6. The first-order chi connectivity index (χ1) is 19.8. The number of hydrogen-bond acceptors (Lipinski definition) is 10. The van der Waals surface area contributed by atoms with E-state index < -0.39 is 5.97 Å². The Morgan fingerprint density at radius 3 is 1.80 bits per heavy atom. The summed E-state index contributed by atoms with van der Waals surface area (Å²) >= 11 is 0. The van der Waals surface area contributed by atoms with Crippen LogP contribution in [0.1, 0.15) is 84.5 Å². The second-order valence-corrected chi connectivity index (χ2v) is 10.1. The van der Waals surface area contributed by atoms with Gasteiger partial charge in [-0.25, -0.2) is 4.89 Å². The summed E-state index contributed by atoms with van der Waals surface area (Å²) in [5.41, 5.74) is 0. The third-order valence-electron chi connectivity index (χ3n) is 6.66. The van der Waals surface area contributed by atoms with Crippen molar-refractivity contribution >= 4 is 24.4 Å². The average molecular weight is 587 g/mol. The number of carboxylic acid groups (broad SMARTS) is 1. The lowest BCUT2D eigenvalue weighted by atomic mass is 9.95. The molecule has 2 aliphatic heterocycles. The fraction of sp³-hybridized carbons (Fsp3) is 0.733. The third-order valence-corrected chi connectivity index (χ3v) is 6.66. The minimum absolute atomic E-state index is 0.0200. The van der Waals surface area contributed by atoms with E-state index in [2.05, 4.69) is 28.7 Å². The van der Waals surface area contributed by atoms with Crippen molar-refractivity contribution in [2.24, 2.45) is 23.7 Å². The highest BCUT2D eigenvalue weighted by molar-refractivity contribution is 5.72. The topological polar surface area (TPSA) is 166 Å². The first kappa shape index (κ1) is 38.2. The van der Waals surface area contributed by atoms with Crippen molar-refractivity contribution in [1.29, 1.82) is 0 Å². The van der Waals surface area contributed by atoms with Gasteiger partial charge in [0.1, 0.15) is 0 Å². The van der Waals surface area contributed by atoms with Crippen LogP contribution in [-0.4, -0.2) is 72.9 Å². The molecule has 4 aliphatic rings. The molecule has 11 nitrogen and oxygen atoms in total. The van der Waals surface area contributed by atoms with E-state index in [4.69, 9.17) is 24.9 Å². The smallest absolute Gasteiger partial charge is 0.306 e. The van der Waals surface area contributed by atoms with Crippen molar-refractivity contribution in [3.63, 3.8) is 0 Å². The predicted molar refractivity (Wildman–Crippen MR) is 152 cm³/mol. The number of carboxylic acids is 1. The molecule has 0 unspecified atom stereocenters. The summed E-state index contributed by atoms with van der Waals surface area (Å²) in [7, 11) is 0. The molecule has 0 aromatic rings. The van der Waals surface area contributed by atoms with Crippen molar-refractivity contribution in [2.75, 3.05) is 33.0 Å². The number of ether oxygens (including phenoxy) is 3. The van der Waals surface area contributed by atoms with Crippen LogP contribution < -0.4 is 0 Å². The number of aliphatic carboxylic acids is 1. The lowest BCUT2D eigenvalue weighted by Gasteiger charge is -2.13. The van der Waals surface area contributed by atoms with Crippen LogP contribution in [0.25, 0.3) is 0 Å². The molecule has 2 fully saturated rings. The number of carbonyl (C=O) groups excluding carboxylic acids is 3. The van der Waals surface area contributed by atoms with E-state index in [0.717, 1.165) is 44.9 Å². The zero-order chi connectivity index (χ0) is 30.7. The van der Waals surface area contributed by atoms with Gasteiger partial charge in [0.05, 0.1) is 45.2 Å². The lowest BCUT2D eigenvalue weighted by Crippen LogP contribution is -2.13. The molecular weight excluding hydrogens is 536 g/mol. The Bertz CT molecular complexity index is 764. The molecule has 0 saturated carbocycles. The second kappa shape index (κ2) is 26.2. The number of hydrogen-bond donors (Lipinski definition) is 3. The molecule has 4 atom stereocenters. The Hall–Kier alpha value is -2.76. The van der Waals surface area contributed by atoms with Crippen molar-refractivity contribution in [2.45, 2.75) is 84.5 Å². The number of allylic oxidation sites excluding steroid dienone is 4. The largest absolute Gasteiger partial charge is 0.481 e. The van der Waals surface area contributed by atoms with Crippen molar-refractivity contribution in [3.05, 3.63) is 24.3 Å².